The van der Waals surface area contributed by atoms with Crippen LogP contribution in [0.3, 0.4) is 0 Å². The third-order valence-corrected chi connectivity index (χ3v) is 4.71. The molecule has 25 heavy (non-hydrogen) atoms. The average Bonchev–Trinajstić information content (AvgIpc) is 2.80. The molecule has 5 heteroatoms. The Bertz CT molecular complexity index is 558. The summed E-state index contributed by atoms with van der Waals surface area (Å²) in [6.45, 7) is -0.140. The van der Waals surface area contributed by atoms with E-state index in [1.54, 1.807) is 0 Å². The third-order valence-electron chi connectivity index (χ3n) is 4.71. The zero-order valence-corrected chi connectivity index (χ0v) is 14.8. The fourth-order valence-corrected chi connectivity index (χ4v) is 3.35. The van der Waals surface area contributed by atoms with Gasteiger partial charge >= 0.3 is 5.97 Å². The van der Waals surface area contributed by atoms with Crippen LogP contribution >= 0.6 is 0 Å². The summed E-state index contributed by atoms with van der Waals surface area (Å²) in [7, 11) is 1.32. The van der Waals surface area contributed by atoms with E-state index in [9.17, 15) is 15.0 Å². The van der Waals surface area contributed by atoms with Gasteiger partial charge in [-0.05, 0) is 50.0 Å². The first kappa shape index (κ1) is 19.5. The maximum Gasteiger partial charge on any atom is 0.336 e. The monoisotopic (exact) mass is 348 g/mol. The van der Waals surface area contributed by atoms with Crippen LogP contribution < -0.4 is 0 Å². The van der Waals surface area contributed by atoms with E-state index in [0.717, 1.165) is 31.3 Å². The Labute approximate surface area is 149 Å². The highest BCUT2D eigenvalue weighted by atomic mass is 16.6. The summed E-state index contributed by atoms with van der Waals surface area (Å²) in [6, 6.07) is 0. The Morgan fingerprint density at radius 1 is 1.24 bits per heavy atom. The second-order valence-corrected chi connectivity index (χ2v) is 6.38. The lowest BCUT2D eigenvalue weighted by Gasteiger charge is -2.30. The van der Waals surface area contributed by atoms with Crippen molar-refractivity contribution in [2.24, 2.45) is 11.8 Å². The van der Waals surface area contributed by atoms with Crippen LogP contribution in [0.5, 0.6) is 0 Å². The zero-order chi connectivity index (χ0) is 18.1. The molecular weight excluding hydrogens is 320 g/mol. The van der Waals surface area contributed by atoms with Crippen LogP contribution in [0, 0.1) is 11.8 Å². The molecule has 1 heterocycles. The molecule has 5 nitrogen and oxygen atoms in total. The van der Waals surface area contributed by atoms with Gasteiger partial charge in [-0.2, -0.15) is 0 Å². The van der Waals surface area contributed by atoms with E-state index in [2.05, 4.69) is 24.3 Å². The summed E-state index contributed by atoms with van der Waals surface area (Å²) in [5.74, 6) is -0.748. The molecule has 0 aromatic carbocycles. The molecule has 0 spiro atoms. The summed E-state index contributed by atoms with van der Waals surface area (Å²) in [5, 5.41) is 20.5. The maximum atomic E-state index is 11.8. The lowest BCUT2D eigenvalue weighted by atomic mass is 9.81. The minimum atomic E-state index is -1.13. The Kier molecular flexibility index (Phi) is 7.95. The predicted molar refractivity (Wildman–Crippen MR) is 95.3 cm³/mol. The SMILES string of the molecule is COC(=O)/C1=C/OC(O)C(C2/C=C\CC/C=C\CC2)/C(CO)=C\CC1. The molecule has 0 fully saturated rings. The fourth-order valence-electron chi connectivity index (χ4n) is 3.35. The summed E-state index contributed by atoms with van der Waals surface area (Å²) in [5.41, 5.74) is 1.13. The van der Waals surface area contributed by atoms with Crippen LogP contribution in [0.4, 0.5) is 0 Å². The number of carbonyl (C=O) groups is 1. The van der Waals surface area contributed by atoms with Crippen LogP contribution in [0.2, 0.25) is 0 Å². The van der Waals surface area contributed by atoms with Crippen molar-refractivity contribution in [1.29, 1.82) is 0 Å². The summed E-state index contributed by atoms with van der Waals surface area (Å²) in [6.07, 6.45) is 15.5. The number of hydrogen-bond acceptors (Lipinski definition) is 5. The summed E-state index contributed by atoms with van der Waals surface area (Å²) in [4.78, 5) is 11.8. The van der Waals surface area contributed by atoms with Crippen molar-refractivity contribution in [2.45, 2.75) is 44.8 Å². The molecule has 0 aromatic rings. The highest BCUT2D eigenvalue weighted by Gasteiger charge is 2.31. The van der Waals surface area contributed by atoms with E-state index in [1.807, 2.05) is 6.08 Å². The number of aliphatic hydroxyl groups is 2. The molecule has 0 aromatic heterocycles. The van der Waals surface area contributed by atoms with Gasteiger partial charge in [-0.3, -0.25) is 0 Å². The van der Waals surface area contributed by atoms with Crippen molar-refractivity contribution >= 4 is 5.97 Å². The van der Waals surface area contributed by atoms with Gasteiger partial charge in [-0.25, -0.2) is 4.79 Å². The van der Waals surface area contributed by atoms with E-state index in [0.29, 0.717) is 18.4 Å². The number of allylic oxidation sites excluding steroid dienone is 5. The second-order valence-electron chi connectivity index (χ2n) is 6.38. The van der Waals surface area contributed by atoms with E-state index in [-0.39, 0.29) is 18.4 Å². The van der Waals surface area contributed by atoms with Gasteiger partial charge in [0.1, 0.15) is 0 Å². The number of esters is 1. The first-order valence-electron chi connectivity index (χ1n) is 8.89. The maximum absolute atomic E-state index is 11.8. The predicted octanol–water partition coefficient (Wildman–Crippen LogP) is 3.01. The lowest BCUT2D eigenvalue weighted by molar-refractivity contribution is -0.137. The molecule has 3 atom stereocenters. The van der Waals surface area contributed by atoms with E-state index >= 15 is 0 Å². The van der Waals surface area contributed by atoms with Gasteiger partial charge in [0, 0.05) is 0 Å². The molecule has 138 valence electrons. The molecule has 1 aliphatic heterocycles. The van der Waals surface area contributed by atoms with Crippen molar-refractivity contribution in [3.8, 4) is 0 Å². The molecule has 2 rings (SSSR count). The van der Waals surface area contributed by atoms with Gasteiger partial charge < -0.3 is 19.7 Å². The van der Waals surface area contributed by atoms with Gasteiger partial charge in [0.05, 0.1) is 31.5 Å². The molecule has 0 bridgehead atoms. The van der Waals surface area contributed by atoms with E-state index < -0.39 is 12.3 Å². The number of methoxy groups -OCH3 is 1. The number of rotatable bonds is 3. The lowest BCUT2D eigenvalue weighted by Crippen LogP contribution is -2.31. The smallest absolute Gasteiger partial charge is 0.336 e. The number of hydrogen-bond donors (Lipinski definition) is 2. The minimum Gasteiger partial charge on any atom is -0.472 e. The van der Waals surface area contributed by atoms with Crippen molar-refractivity contribution < 1.29 is 24.5 Å². The van der Waals surface area contributed by atoms with Crippen molar-refractivity contribution in [3.63, 3.8) is 0 Å². The number of ether oxygens (including phenoxy) is 2. The summed E-state index contributed by atoms with van der Waals surface area (Å²) >= 11 is 0. The van der Waals surface area contributed by atoms with Gasteiger partial charge in [-0.15, -0.1) is 0 Å². The quantitative estimate of drug-likeness (QED) is 0.606. The first-order valence-corrected chi connectivity index (χ1v) is 8.89. The first-order chi connectivity index (χ1) is 12.2. The minimum absolute atomic E-state index is 0.0595. The standard InChI is InChI=1S/C20H28O5/c1-24-19(22)17-12-8-11-16(13-21)18(20(23)25-14-17)15-9-6-4-2-3-5-7-10-15/h2,4,7,10-11,14-15,18,20-21,23H,3,5-6,8-9,12-13H2,1H3/b4-2-,10-7-,16-11-,17-14+. The molecule has 0 saturated heterocycles. The average molecular weight is 348 g/mol. The normalized spacial score (nSPS) is 34.8. The molecule has 0 amide bonds. The van der Waals surface area contributed by atoms with Gasteiger partial charge in [-0.1, -0.05) is 30.4 Å². The van der Waals surface area contributed by atoms with Crippen molar-refractivity contribution in [1.82, 2.24) is 0 Å². The molecular formula is C20H28O5. The Hall–Kier alpha value is -1.85. The number of aliphatic hydroxyl groups excluding tert-OH is 2. The van der Waals surface area contributed by atoms with Crippen LogP contribution in [0.15, 0.2) is 47.8 Å². The van der Waals surface area contributed by atoms with Crippen LogP contribution in [0.25, 0.3) is 0 Å². The topological polar surface area (TPSA) is 76.0 Å². The molecule has 2 N–H and O–H groups in total. The largest absolute Gasteiger partial charge is 0.472 e. The Balaban J connectivity index is 2.27. The molecule has 2 aliphatic rings. The zero-order valence-electron chi connectivity index (χ0n) is 14.8. The Morgan fingerprint density at radius 3 is 2.76 bits per heavy atom. The molecule has 0 saturated carbocycles. The highest BCUT2D eigenvalue weighted by Crippen LogP contribution is 2.33. The van der Waals surface area contributed by atoms with Crippen LogP contribution in [-0.2, 0) is 14.3 Å². The summed E-state index contributed by atoms with van der Waals surface area (Å²) < 4.78 is 10.2. The van der Waals surface area contributed by atoms with Crippen LogP contribution in [-0.4, -0.2) is 36.2 Å². The van der Waals surface area contributed by atoms with Gasteiger partial charge in [0.15, 0.2) is 0 Å². The van der Waals surface area contributed by atoms with Crippen LogP contribution in [0.1, 0.15) is 38.5 Å². The molecule has 0 radical (unpaired) electrons. The third kappa shape index (κ3) is 5.58. The van der Waals surface area contributed by atoms with Crippen molar-refractivity contribution in [3.05, 3.63) is 47.8 Å². The highest BCUT2D eigenvalue weighted by molar-refractivity contribution is 5.88. The fraction of sp³-hybridized carbons (Fsp3) is 0.550. The van der Waals surface area contributed by atoms with Gasteiger partial charge in [0.2, 0.25) is 6.29 Å². The molecule has 3 unspecified atom stereocenters. The van der Waals surface area contributed by atoms with E-state index in [1.165, 1.54) is 13.4 Å². The Morgan fingerprint density at radius 2 is 2.00 bits per heavy atom. The molecule has 1 aliphatic carbocycles. The second kappa shape index (κ2) is 10.2. The van der Waals surface area contributed by atoms with Crippen molar-refractivity contribution in [2.75, 3.05) is 13.7 Å². The van der Waals surface area contributed by atoms with Gasteiger partial charge in [0.25, 0.3) is 0 Å². The van der Waals surface area contributed by atoms with E-state index in [4.69, 9.17) is 9.47 Å². The number of carbonyl (C=O) groups excluding carboxylic acids is 1.